The second-order valence-electron chi connectivity index (χ2n) is 4.45. The predicted molar refractivity (Wildman–Crippen MR) is 59.2 cm³/mol. The lowest BCUT2D eigenvalue weighted by Crippen LogP contribution is -2.11. The molecule has 0 bridgehead atoms. The van der Waals surface area contributed by atoms with E-state index in [9.17, 15) is 0 Å². The number of hydrogen-bond acceptors (Lipinski definition) is 2. The Morgan fingerprint density at radius 3 is 2.36 bits per heavy atom. The van der Waals surface area contributed by atoms with E-state index in [0.717, 1.165) is 17.9 Å². The van der Waals surface area contributed by atoms with Crippen LogP contribution in [0.1, 0.15) is 49.8 Å². The third-order valence-corrected chi connectivity index (χ3v) is 2.53. The number of nitrogens with two attached hydrogens (primary N) is 1. The van der Waals surface area contributed by atoms with Gasteiger partial charge in [0.2, 0.25) is 0 Å². The van der Waals surface area contributed by atoms with Crippen molar-refractivity contribution in [2.24, 2.45) is 11.7 Å². The molecule has 0 aliphatic carbocycles. The maximum Gasteiger partial charge on any atom is 0.105 e. The van der Waals surface area contributed by atoms with Crippen molar-refractivity contribution in [3.63, 3.8) is 0 Å². The van der Waals surface area contributed by atoms with E-state index in [1.807, 2.05) is 13.8 Å². The molecule has 1 rings (SSSR count). The van der Waals surface area contributed by atoms with Crippen molar-refractivity contribution in [3.8, 4) is 0 Å². The lowest BCUT2D eigenvalue weighted by atomic mass is 9.99. The van der Waals surface area contributed by atoms with Crippen LogP contribution in [0.25, 0.3) is 0 Å². The Balaban J connectivity index is 2.60. The lowest BCUT2D eigenvalue weighted by Gasteiger charge is -2.11. The fraction of sp³-hybridized carbons (Fsp3) is 0.667. The quantitative estimate of drug-likeness (QED) is 0.800. The molecular weight excluding hydrogens is 174 g/mol. The molecule has 1 heterocycles. The molecule has 1 atom stereocenters. The van der Waals surface area contributed by atoms with Crippen molar-refractivity contribution in [2.45, 2.75) is 46.6 Å². The molecule has 0 amide bonds. The maximum atomic E-state index is 6.10. The van der Waals surface area contributed by atoms with Crippen LogP contribution < -0.4 is 5.73 Å². The first-order valence-electron chi connectivity index (χ1n) is 5.33. The summed E-state index contributed by atoms with van der Waals surface area (Å²) in [6.07, 6.45) is 2.21. The summed E-state index contributed by atoms with van der Waals surface area (Å²) in [5.41, 5.74) is 7.27. The van der Waals surface area contributed by atoms with Gasteiger partial charge in [-0.25, -0.2) is 0 Å². The van der Waals surface area contributed by atoms with Gasteiger partial charge in [0.25, 0.3) is 0 Å². The van der Waals surface area contributed by atoms with Crippen LogP contribution in [0.3, 0.4) is 0 Å². The van der Waals surface area contributed by atoms with E-state index < -0.39 is 0 Å². The largest absolute Gasteiger partial charge is 0.466 e. The van der Waals surface area contributed by atoms with E-state index in [4.69, 9.17) is 10.2 Å². The van der Waals surface area contributed by atoms with Crippen LogP contribution in [0.5, 0.6) is 0 Å². The van der Waals surface area contributed by atoms with Crippen LogP contribution in [-0.2, 0) is 0 Å². The Morgan fingerprint density at radius 2 is 1.93 bits per heavy atom. The fourth-order valence-corrected chi connectivity index (χ4v) is 1.69. The molecule has 0 aromatic carbocycles. The predicted octanol–water partition coefficient (Wildman–Crippen LogP) is 3.33. The molecule has 2 N–H and O–H groups in total. The van der Waals surface area contributed by atoms with Crippen LogP contribution in [0, 0.1) is 19.8 Å². The molecule has 1 aromatic rings. The summed E-state index contributed by atoms with van der Waals surface area (Å²) in [4.78, 5) is 0. The van der Waals surface area contributed by atoms with Crippen LogP contribution in [-0.4, -0.2) is 0 Å². The fourth-order valence-electron chi connectivity index (χ4n) is 1.69. The van der Waals surface area contributed by atoms with Gasteiger partial charge < -0.3 is 10.2 Å². The van der Waals surface area contributed by atoms with E-state index in [2.05, 4.69) is 19.9 Å². The third-order valence-electron chi connectivity index (χ3n) is 2.53. The normalized spacial score (nSPS) is 13.6. The number of rotatable bonds is 4. The number of furan rings is 1. The highest BCUT2D eigenvalue weighted by Gasteiger charge is 2.13. The van der Waals surface area contributed by atoms with Crippen LogP contribution >= 0.6 is 0 Å². The summed E-state index contributed by atoms with van der Waals surface area (Å²) >= 11 is 0. The van der Waals surface area contributed by atoms with Gasteiger partial charge in [0.15, 0.2) is 0 Å². The van der Waals surface area contributed by atoms with Gasteiger partial charge in [-0.05, 0) is 38.7 Å². The van der Waals surface area contributed by atoms with Crippen molar-refractivity contribution in [1.29, 1.82) is 0 Å². The first kappa shape index (κ1) is 11.3. The average Bonchev–Trinajstić information content (AvgIpc) is 2.41. The van der Waals surface area contributed by atoms with Crippen molar-refractivity contribution in [3.05, 3.63) is 23.2 Å². The molecule has 1 aromatic heterocycles. The summed E-state index contributed by atoms with van der Waals surface area (Å²) in [6.45, 7) is 8.39. The van der Waals surface area contributed by atoms with Gasteiger partial charge >= 0.3 is 0 Å². The molecule has 0 saturated carbocycles. The molecule has 0 radical (unpaired) electrons. The highest BCUT2D eigenvalue weighted by Crippen LogP contribution is 2.24. The Bertz CT molecular complexity index is 289. The van der Waals surface area contributed by atoms with Gasteiger partial charge in [-0.2, -0.15) is 0 Å². The van der Waals surface area contributed by atoms with Crippen LogP contribution in [0.4, 0.5) is 0 Å². The van der Waals surface area contributed by atoms with Crippen molar-refractivity contribution >= 4 is 0 Å². The Morgan fingerprint density at radius 1 is 1.29 bits per heavy atom. The molecule has 80 valence electrons. The molecule has 0 fully saturated rings. The zero-order chi connectivity index (χ0) is 10.7. The Kier molecular flexibility index (Phi) is 3.76. The second-order valence-corrected chi connectivity index (χ2v) is 4.45. The first-order valence-corrected chi connectivity index (χ1v) is 5.33. The van der Waals surface area contributed by atoms with E-state index >= 15 is 0 Å². The molecule has 2 heteroatoms. The molecule has 0 aliphatic rings. The van der Waals surface area contributed by atoms with Crippen molar-refractivity contribution in [2.75, 3.05) is 0 Å². The lowest BCUT2D eigenvalue weighted by molar-refractivity contribution is 0.480. The zero-order valence-electron chi connectivity index (χ0n) is 9.63. The van der Waals surface area contributed by atoms with Crippen molar-refractivity contribution < 1.29 is 4.42 Å². The summed E-state index contributed by atoms with van der Waals surface area (Å²) in [5.74, 6) is 2.64. The van der Waals surface area contributed by atoms with Gasteiger partial charge in [0.1, 0.15) is 11.5 Å². The monoisotopic (exact) mass is 195 g/mol. The first-order chi connectivity index (χ1) is 6.50. The van der Waals surface area contributed by atoms with E-state index in [1.165, 1.54) is 12.0 Å². The number of hydrogen-bond donors (Lipinski definition) is 1. The summed E-state index contributed by atoms with van der Waals surface area (Å²) in [5, 5.41) is 0. The summed E-state index contributed by atoms with van der Waals surface area (Å²) in [6, 6.07) is 2.19. The SMILES string of the molecule is Cc1cc(C(N)CCC(C)C)c(C)o1. The molecule has 0 aliphatic heterocycles. The smallest absolute Gasteiger partial charge is 0.105 e. The van der Waals surface area contributed by atoms with Gasteiger partial charge in [0, 0.05) is 11.6 Å². The highest BCUT2D eigenvalue weighted by molar-refractivity contribution is 5.23. The third kappa shape index (κ3) is 2.88. The molecule has 0 spiro atoms. The van der Waals surface area contributed by atoms with E-state index in [0.29, 0.717) is 5.92 Å². The molecular formula is C12H21NO. The second kappa shape index (κ2) is 4.65. The molecule has 0 saturated heterocycles. The van der Waals surface area contributed by atoms with Gasteiger partial charge in [-0.15, -0.1) is 0 Å². The van der Waals surface area contributed by atoms with E-state index in [-0.39, 0.29) is 6.04 Å². The summed E-state index contributed by atoms with van der Waals surface area (Å²) < 4.78 is 5.46. The highest BCUT2D eigenvalue weighted by atomic mass is 16.3. The molecule has 2 nitrogen and oxygen atoms in total. The Labute approximate surface area is 86.5 Å². The minimum atomic E-state index is 0.134. The van der Waals surface area contributed by atoms with Gasteiger partial charge in [-0.1, -0.05) is 13.8 Å². The topological polar surface area (TPSA) is 39.2 Å². The van der Waals surface area contributed by atoms with Gasteiger partial charge in [0.05, 0.1) is 0 Å². The minimum absolute atomic E-state index is 0.134. The molecule has 14 heavy (non-hydrogen) atoms. The summed E-state index contributed by atoms with van der Waals surface area (Å²) in [7, 11) is 0. The molecule has 1 unspecified atom stereocenters. The van der Waals surface area contributed by atoms with E-state index in [1.54, 1.807) is 0 Å². The van der Waals surface area contributed by atoms with Crippen molar-refractivity contribution in [1.82, 2.24) is 0 Å². The maximum absolute atomic E-state index is 6.10. The number of aryl methyl sites for hydroxylation is 2. The van der Waals surface area contributed by atoms with Gasteiger partial charge in [-0.3, -0.25) is 0 Å². The van der Waals surface area contributed by atoms with Crippen LogP contribution in [0.15, 0.2) is 10.5 Å². The van der Waals surface area contributed by atoms with Crippen LogP contribution in [0.2, 0.25) is 0 Å². The zero-order valence-corrected chi connectivity index (χ0v) is 9.63. The Hall–Kier alpha value is -0.760. The standard InChI is InChI=1S/C12H21NO/c1-8(2)5-6-12(13)11-7-9(3)14-10(11)4/h7-8,12H,5-6,13H2,1-4H3. The average molecular weight is 195 g/mol. The minimum Gasteiger partial charge on any atom is -0.466 e.